The van der Waals surface area contributed by atoms with Gasteiger partial charge in [0.25, 0.3) is 0 Å². The SMILES string of the molecule is Cc1nnc(C[C@@H](C(=O)O)C(F)(F)F)nn1. The minimum absolute atomic E-state index is 0.197. The van der Waals surface area contributed by atoms with E-state index in [1.807, 2.05) is 0 Å². The van der Waals surface area contributed by atoms with E-state index in [9.17, 15) is 18.0 Å². The van der Waals surface area contributed by atoms with E-state index in [0.717, 1.165) is 0 Å². The van der Waals surface area contributed by atoms with Gasteiger partial charge in [0.1, 0.15) is 0 Å². The molecule has 0 saturated carbocycles. The summed E-state index contributed by atoms with van der Waals surface area (Å²) >= 11 is 0. The molecule has 0 aliphatic carbocycles. The number of aromatic nitrogens is 4. The van der Waals surface area contributed by atoms with Crippen molar-refractivity contribution in [1.82, 2.24) is 20.4 Å². The fourth-order valence-electron chi connectivity index (χ4n) is 0.907. The fourth-order valence-corrected chi connectivity index (χ4v) is 0.907. The van der Waals surface area contributed by atoms with Crippen molar-refractivity contribution in [3.05, 3.63) is 11.6 Å². The lowest BCUT2D eigenvalue weighted by Crippen LogP contribution is -2.33. The highest BCUT2D eigenvalue weighted by atomic mass is 19.4. The van der Waals surface area contributed by atoms with E-state index in [1.54, 1.807) is 0 Å². The smallest absolute Gasteiger partial charge is 0.402 e. The Hall–Kier alpha value is -1.80. The summed E-state index contributed by atoms with van der Waals surface area (Å²) < 4.78 is 36.8. The van der Waals surface area contributed by atoms with Crippen LogP contribution in [-0.4, -0.2) is 37.6 Å². The minimum Gasteiger partial charge on any atom is -0.481 e. The zero-order chi connectivity index (χ0) is 12.3. The van der Waals surface area contributed by atoms with Gasteiger partial charge in [-0.2, -0.15) is 13.2 Å². The number of aliphatic carboxylic acids is 1. The van der Waals surface area contributed by atoms with Gasteiger partial charge in [-0.3, -0.25) is 4.79 Å². The second kappa shape index (κ2) is 4.37. The van der Waals surface area contributed by atoms with Crippen LogP contribution in [0.25, 0.3) is 0 Å². The molecule has 1 atom stereocenters. The Bertz CT molecular complexity index is 378. The molecule has 0 fully saturated rings. The number of rotatable bonds is 3. The molecule has 0 spiro atoms. The van der Waals surface area contributed by atoms with Crippen LogP contribution in [0.3, 0.4) is 0 Å². The third kappa shape index (κ3) is 3.11. The molecule has 0 radical (unpaired) electrons. The number of hydrogen-bond donors (Lipinski definition) is 1. The van der Waals surface area contributed by atoms with E-state index in [0.29, 0.717) is 0 Å². The Morgan fingerprint density at radius 2 is 1.81 bits per heavy atom. The van der Waals surface area contributed by atoms with Crippen molar-refractivity contribution in [3.63, 3.8) is 0 Å². The van der Waals surface area contributed by atoms with Gasteiger partial charge in [-0.05, 0) is 6.92 Å². The van der Waals surface area contributed by atoms with E-state index >= 15 is 0 Å². The number of alkyl halides is 3. The number of nitrogens with zero attached hydrogens (tertiary/aromatic N) is 4. The van der Waals surface area contributed by atoms with Crippen LogP contribution in [-0.2, 0) is 11.2 Å². The summed E-state index contributed by atoms with van der Waals surface area (Å²) in [6.45, 7) is 1.46. The van der Waals surface area contributed by atoms with Crippen LogP contribution in [0.15, 0.2) is 0 Å². The highest BCUT2D eigenvalue weighted by Gasteiger charge is 2.45. The first-order valence-electron chi connectivity index (χ1n) is 4.13. The normalized spacial score (nSPS) is 13.5. The number of aryl methyl sites for hydroxylation is 1. The third-order valence-corrected chi connectivity index (χ3v) is 1.70. The van der Waals surface area contributed by atoms with Crippen molar-refractivity contribution in [2.24, 2.45) is 5.92 Å². The highest BCUT2D eigenvalue weighted by molar-refractivity contribution is 5.71. The van der Waals surface area contributed by atoms with Gasteiger partial charge in [0, 0.05) is 6.42 Å². The van der Waals surface area contributed by atoms with Crippen molar-refractivity contribution < 1.29 is 23.1 Å². The van der Waals surface area contributed by atoms with E-state index < -0.39 is 24.5 Å². The lowest BCUT2D eigenvalue weighted by molar-refractivity contribution is -0.193. The van der Waals surface area contributed by atoms with Crippen molar-refractivity contribution in [1.29, 1.82) is 0 Å². The zero-order valence-electron chi connectivity index (χ0n) is 8.06. The first kappa shape index (κ1) is 12.3. The van der Waals surface area contributed by atoms with Crippen LogP contribution in [0.1, 0.15) is 11.6 Å². The summed E-state index contributed by atoms with van der Waals surface area (Å²) in [5, 5.41) is 21.8. The van der Waals surface area contributed by atoms with Crippen molar-refractivity contribution in [3.8, 4) is 0 Å². The maximum absolute atomic E-state index is 12.3. The standard InChI is InChI=1S/C7H7F3N4O2/c1-3-11-13-5(14-12-3)2-4(6(15)16)7(8,9)10/h4H,2H2,1H3,(H,15,16)/t4-/m0/s1. The van der Waals surface area contributed by atoms with Gasteiger partial charge >= 0.3 is 12.1 Å². The molecular weight excluding hydrogens is 229 g/mol. The van der Waals surface area contributed by atoms with Crippen LogP contribution in [0, 0.1) is 12.8 Å². The van der Waals surface area contributed by atoms with Gasteiger partial charge in [-0.25, -0.2) is 0 Å². The van der Waals surface area contributed by atoms with Crippen molar-refractivity contribution in [2.75, 3.05) is 0 Å². The number of carbonyl (C=O) groups is 1. The van der Waals surface area contributed by atoms with Crippen LogP contribution in [0.2, 0.25) is 0 Å². The molecule has 0 amide bonds. The number of halogens is 3. The summed E-state index contributed by atoms with van der Waals surface area (Å²) in [7, 11) is 0. The topological polar surface area (TPSA) is 88.9 Å². The second-order valence-electron chi connectivity index (χ2n) is 3.00. The zero-order valence-corrected chi connectivity index (χ0v) is 8.06. The summed E-state index contributed by atoms with van der Waals surface area (Å²) in [6, 6.07) is 0. The van der Waals surface area contributed by atoms with Crippen LogP contribution in [0.5, 0.6) is 0 Å². The first-order valence-corrected chi connectivity index (χ1v) is 4.13. The monoisotopic (exact) mass is 236 g/mol. The average Bonchev–Trinajstić information content (AvgIpc) is 2.14. The van der Waals surface area contributed by atoms with Crippen LogP contribution in [0.4, 0.5) is 13.2 Å². The highest BCUT2D eigenvalue weighted by Crippen LogP contribution is 2.28. The molecule has 0 aliphatic heterocycles. The molecule has 9 heteroatoms. The summed E-state index contributed by atoms with van der Waals surface area (Å²) in [5.74, 6) is -4.67. The maximum Gasteiger partial charge on any atom is 0.402 e. The number of carboxylic acid groups (broad SMARTS) is 1. The maximum atomic E-state index is 12.3. The molecule has 1 heterocycles. The van der Waals surface area contributed by atoms with E-state index in [4.69, 9.17) is 5.11 Å². The molecule has 1 aromatic rings. The Labute approximate surface area is 87.5 Å². The molecule has 16 heavy (non-hydrogen) atoms. The molecule has 0 saturated heterocycles. The second-order valence-corrected chi connectivity index (χ2v) is 3.00. The molecule has 88 valence electrons. The molecule has 1 aromatic heterocycles. The fraction of sp³-hybridized carbons (Fsp3) is 0.571. The van der Waals surface area contributed by atoms with Gasteiger partial charge in [-0.15, -0.1) is 20.4 Å². The van der Waals surface area contributed by atoms with Crippen molar-refractivity contribution >= 4 is 5.97 Å². The lowest BCUT2D eigenvalue weighted by atomic mass is 10.1. The molecular formula is C7H7F3N4O2. The summed E-state index contributed by atoms with van der Waals surface area (Å²) in [6.07, 6.45) is -5.72. The predicted molar refractivity (Wildman–Crippen MR) is 43.2 cm³/mol. The molecule has 1 rings (SSSR count). The Morgan fingerprint density at radius 3 is 2.19 bits per heavy atom. The lowest BCUT2D eigenvalue weighted by Gasteiger charge is -2.14. The summed E-state index contributed by atoms with van der Waals surface area (Å²) in [5.41, 5.74) is 0. The number of carboxylic acids is 1. The van der Waals surface area contributed by atoms with E-state index in [-0.39, 0.29) is 11.6 Å². The van der Waals surface area contributed by atoms with Gasteiger partial charge in [0.2, 0.25) is 0 Å². The van der Waals surface area contributed by atoms with Crippen molar-refractivity contribution in [2.45, 2.75) is 19.5 Å². The predicted octanol–water partition coefficient (Wildman–Crippen LogP) is 0.381. The molecule has 0 bridgehead atoms. The average molecular weight is 236 g/mol. The molecule has 6 nitrogen and oxygen atoms in total. The molecule has 0 aliphatic rings. The first-order chi connectivity index (χ1) is 7.30. The number of hydrogen-bond acceptors (Lipinski definition) is 5. The van der Waals surface area contributed by atoms with Gasteiger partial charge in [-0.1, -0.05) is 0 Å². The Morgan fingerprint density at radius 1 is 1.31 bits per heavy atom. The van der Waals surface area contributed by atoms with Crippen LogP contribution < -0.4 is 0 Å². The van der Waals surface area contributed by atoms with E-state index in [2.05, 4.69) is 20.4 Å². The van der Waals surface area contributed by atoms with Crippen LogP contribution >= 0.6 is 0 Å². The summed E-state index contributed by atoms with van der Waals surface area (Å²) in [4.78, 5) is 10.4. The molecule has 0 aromatic carbocycles. The molecule has 1 N–H and O–H groups in total. The van der Waals surface area contributed by atoms with Gasteiger partial charge in [0.15, 0.2) is 17.6 Å². The van der Waals surface area contributed by atoms with Gasteiger partial charge < -0.3 is 5.11 Å². The van der Waals surface area contributed by atoms with E-state index in [1.165, 1.54) is 6.92 Å². The largest absolute Gasteiger partial charge is 0.481 e. The van der Waals surface area contributed by atoms with Gasteiger partial charge in [0.05, 0.1) is 0 Å². The Balaban J connectivity index is 2.84. The minimum atomic E-state index is -4.85. The molecule has 0 unspecified atom stereocenters. The third-order valence-electron chi connectivity index (χ3n) is 1.70. The Kier molecular flexibility index (Phi) is 3.35. The quantitative estimate of drug-likeness (QED) is 0.816.